The molecule has 0 aromatic heterocycles. The van der Waals surface area contributed by atoms with Crippen molar-refractivity contribution in [3.05, 3.63) is 70.2 Å². The molecule has 2 aromatic carbocycles. The van der Waals surface area contributed by atoms with Gasteiger partial charge in [-0.05, 0) is 29.3 Å². The Morgan fingerprint density at radius 3 is 2.62 bits per heavy atom. The van der Waals surface area contributed by atoms with Crippen LogP contribution in [0.2, 0.25) is 5.02 Å². The van der Waals surface area contributed by atoms with Crippen LogP contribution in [-0.4, -0.2) is 18.6 Å². The molecule has 0 fully saturated rings. The van der Waals surface area contributed by atoms with E-state index in [0.29, 0.717) is 21.7 Å². The van der Waals surface area contributed by atoms with E-state index in [-0.39, 0.29) is 12.3 Å². The number of carbonyl (C=O) groups excluding carboxylic acids is 1. The van der Waals surface area contributed by atoms with E-state index < -0.39 is 15.9 Å². The normalized spacial score (nSPS) is 16.6. The molecule has 1 heterocycles. The average molecular weight is 322 g/mol. The summed E-state index contributed by atoms with van der Waals surface area (Å²) in [6.07, 6.45) is 0. The van der Waals surface area contributed by atoms with Gasteiger partial charge in [-0.15, -0.1) is 0 Å². The lowest BCUT2D eigenvalue weighted by Crippen LogP contribution is -2.41. The zero-order valence-corrected chi connectivity index (χ0v) is 12.6. The third-order valence-corrected chi connectivity index (χ3v) is 5.24. The first kappa shape index (κ1) is 14.1. The summed E-state index contributed by atoms with van der Waals surface area (Å²) >= 11 is 5.90. The Hall–Kier alpha value is -1.85. The van der Waals surface area contributed by atoms with Gasteiger partial charge in [-0.25, -0.2) is 12.7 Å². The zero-order valence-electron chi connectivity index (χ0n) is 11.0. The summed E-state index contributed by atoms with van der Waals surface area (Å²) in [4.78, 5) is 12.4. The highest BCUT2D eigenvalue weighted by Crippen LogP contribution is 2.26. The topological polar surface area (TPSA) is 54.5 Å². The molecule has 0 saturated carbocycles. The molecular formula is C15H12ClNO3S. The van der Waals surface area contributed by atoms with Gasteiger partial charge in [0.2, 0.25) is 10.0 Å². The molecule has 0 unspecified atom stereocenters. The fourth-order valence-electron chi connectivity index (χ4n) is 2.36. The van der Waals surface area contributed by atoms with E-state index >= 15 is 0 Å². The Morgan fingerprint density at radius 1 is 1.10 bits per heavy atom. The van der Waals surface area contributed by atoms with Gasteiger partial charge in [0.15, 0.2) is 0 Å². The third-order valence-electron chi connectivity index (χ3n) is 3.36. The minimum absolute atomic E-state index is 0.00391. The van der Waals surface area contributed by atoms with E-state index in [0.717, 1.165) is 4.31 Å². The molecule has 21 heavy (non-hydrogen) atoms. The molecule has 0 saturated heterocycles. The van der Waals surface area contributed by atoms with Gasteiger partial charge in [0.1, 0.15) is 0 Å². The maximum Gasteiger partial charge on any atom is 0.267 e. The van der Waals surface area contributed by atoms with Crippen LogP contribution < -0.4 is 0 Å². The number of sulfonamides is 1. The number of rotatable bonds is 2. The summed E-state index contributed by atoms with van der Waals surface area (Å²) < 4.78 is 25.6. The number of nitrogens with zero attached hydrogens (tertiary/aromatic N) is 1. The van der Waals surface area contributed by atoms with Crippen LogP contribution in [0.15, 0.2) is 48.5 Å². The number of halogens is 1. The van der Waals surface area contributed by atoms with Gasteiger partial charge in [-0.2, -0.15) is 0 Å². The molecule has 3 rings (SSSR count). The monoisotopic (exact) mass is 321 g/mol. The molecule has 0 spiro atoms. The zero-order chi connectivity index (χ0) is 15.0. The Balaban J connectivity index is 2.00. The van der Waals surface area contributed by atoms with Crippen LogP contribution in [0, 0.1) is 0 Å². The molecule has 1 aliphatic heterocycles. The summed E-state index contributed by atoms with van der Waals surface area (Å²) in [5.41, 5.74) is 1.66. The van der Waals surface area contributed by atoms with Crippen LogP contribution in [0.5, 0.6) is 0 Å². The SMILES string of the molecule is O=C1c2ccccc2CS(=O)(=O)N1Cc1cccc(Cl)c1. The largest absolute Gasteiger partial charge is 0.268 e. The van der Waals surface area contributed by atoms with Crippen molar-refractivity contribution >= 4 is 27.5 Å². The van der Waals surface area contributed by atoms with Gasteiger partial charge in [-0.1, -0.05) is 41.9 Å². The number of fused-ring (bicyclic) bond motifs is 1. The van der Waals surface area contributed by atoms with Crippen molar-refractivity contribution in [1.82, 2.24) is 4.31 Å². The molecule has 4 nitrogen and oxygen atoms in total. The number of amides is 1. The quantitative estimate of drug-likeness (QED) is 0.854. The summed E-state index contributed by atoms with van der Waals surface area (Å²) in [6, 6.07) is 13.6. The first-order chi connectivity index (χ1) is 9.97. The average Bonchev–Trinajstić information content (AvgIpc) is 2.43. The molecule has 2 aromatic rings. The highest BCUT2D eigenvalue weighted by Gasteiger charge is 2.35. The van der Waals surface area contributed by atoms with Crippen molar-refractivity contribution in [3.63, 3.8) is 0 Å². The van der Waals surface area contributed by atoms with Crippen molar-refractivity contribution in [2.75, 3.05) is 0 Å². The van der Waals surface area contributed by atoms with Gasteiger partial charge >= 0.3 is 0 Å². The second kappa shape index (κ2) is 5.16. The Kier molecular flexibility index (Phi) is 3.47. The van der Waals surface area contributed by atoms with Gasteiger partial charge in [0.25, 0.3) is 5.91 Å². The van der Waals surface area contributed by atoms with Crippen molar-refractivity contribution in [1.29, 1.82) is 0 Å². The lowest BCUT2D eigenvalue weighted by atomic mass is 10.1. The number of hydrogen-bond acceptors (Lipinski definition) is 3. The Bertz CT molecular complexity index is 817. The standard InChI is InChI=1S/C15H12ClNO3S/c16-13-6-3-4-11(8-13)9-17-15(18)14-7-2-1-5-12(14)10-21(17,19)20/h1-8H,9-10H2. The maximum absolute atomic E-state index is 12.4. The number of carbonyl (C=O) groups is 1. The fraction of sp³-hybridized carbons (Fsp3) is 0.133. The highest BCUT2D eigenvalue weighted by atomic mass is 35.5. The Labute approximate surface area is 128 Å². The van der Waals surface area contributed by atoms with Crippen molar-refractivity contribution in [2.45, 2.75) is 12.3 Å². The highest BCUT2D eigenvalue weighted by molar-refractivity contribution is 7.89. The fourth-order valence-corrected chi connectivity index (χ4v) is 4.07. The number of hydrogen-bond donors (Lipinski definition) is 0. The van der Waals surface area contributed by atoms with Crippen molar-refractivity contribution in [3.8, 4) is 0 Å². The smallest absolute Gasteiger partial charge is 0.267 e. The predicted molar refractivity (Wildman–Crippen MR) is 80.4 cm³/mol. The summed E-state index contributed by atoms with van der Waals surface area (Å²) in [6.45, 7) is -0.00391. The molecule has 0 bridgehead atoms. The third kappa shape index (κ3) is 2.66. The van der Waals surface area contributed by atoms with Gasteiger partial charge < -0.3 is 0 Å². The van der Waals surface area contributed by atoms with E-state index in [2.05, 4.69) is 0 Å². The van der Waals surface area contributed by atoms with E-state index in [9.17, 15) is 13.2 Å². The minimum atomic E-state index is -3.66. The minimum Gasteiger partial charge on any atom is -0.268 e. The second-order valence-electron chi connectivity index (χ2n) is 4.86. The first-order valence-electron chi connectivity index (χ1n) is 6.34. The van der Waals surface area contributed by atoms with E-state index in [4.69, 9.17) is 11.6 Å². The van der Waals surface area contributed by atoms with Crippen LogP contribution in [0.3, 0.4) is 0 Å². The van der Waals surface area contributed by atoms with Crippen molar-refractivity contribution < 1.29 is 13.2 Å². The van der Waals surface area contributed by atoms with Gasteiger partial charge in [-0.3, -0.25) is 4.79 Å². The molecule has 0 aliphatic carbocycles. The molecule has 0 atom stereocenters. The summed E-state index contributed by atoms with van der Waals surface area (Å²) in [7, 11) is -3.66. The molecule has 6 heteroatoms. The van der Waals surface area contributed by atoms with Gasteiger partial charge in [0, 0.05) is 10.6 Å². The lowest BCUT2D eigenvalue weighted by molar-refractivity contribution is 0.0849. The number of benzene rings is 2. The first-order valence-corrected chi connectivity index (χ1v) is 8.33. The van der Waals surface area contributed by atoms with Crippen LogP contribution in [0.4, 0.5) is 0 Å². The molecule has 0 radical (unpaired) electrons. The van der Waals surface area contributed by atoms with Crippen LogP contribution in [0.25, 0.3) is 0 Å². The molecule has 1 amide bonds. The molecule has 0 N–H and O–H groups in total. The molecule has 108 valence electrons. The van der Waals surface area contributed by atoms with Gasteiger partial charge in [0.05, 0.1) is 12.3 Å². The summed E-state index contributed by atoms with van der Waals surface area (Å²) in [5.74, 6) is -0.646. The Morgan fingerprint density at radius 2 is 1.86 bits per heavy atom. The van der Waals surface area contributed by atoms with Crippen LogP contribution >= 0.6 is 11.6 Å². The summed E-state index contributed by atoms with van der Waals surface area (Å²) in [5, 5.41) is 0.509. The van der Waals surface area contributed by atoms with Crippen LogP contribution in [0.1, 0.15) is 21.5 Å². The molecular weight excluding hydrogens is 310 g/mol. The molecule has 1 aliphatic rings. The second-order valence-corrected chi connectivity index (χ2v) is 7.18. The lowest BCUT2D eigenvalue weighted by Gasteiger charge is -2.28. The van der Waals surface area contributed by atoms with E-state index in [1.165, 1.54) is 0 Å². The van der Waals surface area contributed by atoms with E-state index in [1.807, 2.05) is 0 Å². The van der Waals surface area contributed by atoms with Crippen molar-refractivity contribution in [2.24, 2.45) is 0 Å². The van der Waals surface area contributed by atoms with E-state index in [1.54, 1.807) is 48.5 Å². The van der Waals surface area contributed by atoms with Crippen LogP contribution in [-0.2, 0) is 22.3 Å². The maximum atomic E-state index is 12.4. The predicted octanol–water partition coefficient (Wildman–Crippen LogP) is 2.83.